The SMILES string of the molecule is CCCCCCCC/C=C/C/C=C/CCC(=O)OC(COC(=O)CCCCCCCCCCCCCCCCCCCCCCCCC)COP(=O)([O-])OCC[N+](C)(C)C. The molecule has 0 aromatic carbocycles. The molecule has 0 aromatic rings. The van der Waals surface area contributed by atoms with Gasteiger partial charge in [-0.25, -0.2) is 0 Å². The summed E-state index contributed by atoms with van der Waals surface area (Å²) >= 11 is 0. The van der Waals surface area contributed by atoms with Gasteiger partial charge in [0.15, 0.2) is 6.10 Å². The summed E-state index contributed by atoms with van der Waals surface area (Å²) in [5.74, 6) is -0.902. The smallest absolute Gasteiger partial charge is 0.306 e. The molecule has 0 spiro atoms. The quantitative estimate of drug-likeness (QED) is 0.0195. The van der Waals surface area contributed by atoms with E-state index in [1.807, 2.05) is 33.3 Å². The number of allylic oxidation sites excluding steroid dienone is 4. The summed E-state index contributed by atoms with van der Waals surface area (Å²) in [6, 6.07) is 0. The number of nitrogens with zero attached hydrogens (tertiary/aromatic N) is 1. The average Bonchev–Trinajstić information content (AvgIpc) is 3.20. The molecule has 0 saturated carbocycles. The normalized spacial score (nSPS) is 13.6. The Balaban J connectivity index is 4.20. The second kappa shape index (κ2) is 42.8. The fraction of sp³-hybridized carbons (Fsp3) is 0.880. The summed E-state index contributed by atoms with van der Waals surface area (Å²) in [5, 5.41) is 0. The predicted molar refractivity (Wildman–Crippen MR) is 250 cm³/mol. The fourth-order valence-corrected chi connectivity index (χ4v) is 7.79. The van der Waals surface area contributed by atoms with E-state index in [0.29, 0.717) is 17.4 Å². The van der Waals surface area contributed by atoms with Crippen molar-refractivity contribution in [2.75, 3.05) is 47.5 Å². The van der Waals surface area contributed by atoms with Crippen molar-refractivity contribution in [3.05, 3.63) is 24.3 Å². The second-order valence-corrected chi connectivity index (χ2v) is 19.6. The number of hydrogen-bond donors (Lipinski definition) is 0. The first-order valence-corrected chi connectivity index (χ1v) is 26.5. The Kier molecular flexibility index (Phi) is 41.7. The van der Waals surface area contributed by atoms with Crippen molar-refractivity contribution >= 4 is 19.8 Å². The minimum absolute atomic E-state index is 0.0378. The summed E-state index contributed by atoms with van der Waals surface area (Å²) in [4.78, 5) is 37.6. The number of rotatable bonds is 46. The van der Waals surface area contributed by atoms with Gasteiger partial charge in [0.1, 0.15) is 19.8 Å². The first-order chi connectivity index (χ1) is 29.0. The van der Waals surface area contributed by atoms with Crippen LogP contribution in [0.15, 0.2) is 24.3 Å². The van der Waals surface area contributed by atoms with Gasteiger partial charge in [-0.1, -0.05) is 212 Å². The third-order valence-corrected chi connectivity index (χ3v) is 12.0. The number of phosphoric acid groups is 1. The van der Waals surface area contributed by atoms with Crippen LogP contribution in [0.5, 0.6) is 0 Å². The minimum atomic E-state index is -4.64. The van der Waals surface area contributed by atoms with E-state index in [1.54, 1.807) is 0 Å². The number of carbonyl (C=O) groups excluding carboxylic acids is 2. The Labute approximate surface area is 370 Å². The highest BCUT2D eigenvalue weighted by atomic mass is 31.2. The molecule has 0 amide bonds. The molecule has 60 heavy (non-hydrogen) atoms. The fourth-order valence-electron chi connectivity index (χ4n) is 7.06. The molecule has 0 bridgehead atoms. The van der Waals surface area contributed by atoms with E-state index in [-0.39, 0.29) is 26.1 Å². The molecule has 2 atom stereocenters. The van der Waals surface area contributed by atoms with Crippen LogP contribution >= 0.6 is 7.82 Å². The standard InChI is InChI=1S/C50H96NO8P/c1-6-8-10-12-14-16-18-20-21-22-23-24-25-26-27-28-29-31-32-34-36-38-40-42-49(52)56-46-48(47-58-60(54,55)57-45-44-51(3,4)5)59-50(53)43-41-39-37-35-33-30-19-17-15-13-11-9-7-2/h30,33,37,39,48H,6-29,31-32,34-36,38,40-47H2,1-5H3/b33-30+,39-37+. The van der Waals surface area contributed by atoms with Crippen LogP contribution < -0.4 is 4.89 Å². The van der Waals surface area contributed by atoms with E-state index < -0.39 is 32.5 Å². The largest absolute Gasteiger partial charge is 0.756 e. The van der Waals surface area contributed by atoms with Crippen LogP contribution in [-0.2, 0) is 32.7 Å². The van der Waals surface area contributed by atoms with E-state index >= 15 is 0 Å². The lowest BCUT2D eigenvalue weighted by atomic mass is 10.0. The van der Waals surface area contributed by atoms with Gasteiger partial charge in [0.25, 0.3) is 7.82 Å². The number of carbonyl (C=O) groups is 2. The average molecular weight is 870 g/mol. The van der Waals surface area contributed by atoms with Crippen LogP contribution in [0.25, 0.3) is 0 Å². The van der Waals surface area contributed by atoms with Gasteiger partial charge < -0.3 is 27.9 Å². The maximum absolute atomic E-state index is 12.6. The van der Waals surface area contributed by atoms with Gasteiger partial charge in [-0.05, 0) is 32.1 Å². The second-order valence-electron chi connectivity index (χ2n) is 18.2. The van der Waals surface area contributed by atoms with E-state index in [2.05, 4.69) is 26.0 Å². The Morgan fingerprint density at radius 2 is 0.933 bits per heavy atom. The van der Waals surface area contributed by atoms with Gasteiger partial charge in [-0.2, -0.15) is 0 Å². The molecule has 0 aliphatic heterocycles. The number of phosphoric ester groups is 1. The maximum atomic E-state index is 12.6. The molecule has 10 heteroatoms. The number of likely N-dealkylation sites (N-methyl/N-ethyl adjacent to an activating group) is 1. The lowest BCUT2D eigenvalue weighted by molar-refractivity contribution is -0.870. The number of hydrogen-bond acceptors (Lipinski definition) is 8. The Hall–Kier alpha value is -1.51. The molecule has 0 aliphatic carbocycles. The van der Waals surface area contributed by atoms with Crippen LogP contribution in [0.2, 0.25) is 0 Å². The highest BCUT2D eigenvalue weighted by Crippen LogP contribution is 2.38. The van der Waals surface area contributed by atoms with Crippen molar-refractivity contribution in [2.24, 2.45) is 0 Å². The lowest BCUT2D eigenvalue weighted by Gasteiger charge is -2.28. The third-order valence-electron chi connectivity index (χ3n) is 11.0. The van der Waals surface area contributed by atoms with E-state index in [0.717, 1.165) is 32.1 Å². The van der Waals surface area contributed by atoms with Crippen molar-refractivity contribution < 1.29 is 42.1 Å². The Morgan fingerprint density at radius 1 is 0.517 bits per heavy atom. The molecular formula is C50H96NO8P. The summed E-state index contributed by atoms with van der Waals surface area (Å²) < 4.78 is 33.9. The van der Waals surface area contributed by atoms with Crippen molar-refractivity contribution in [3.8, 4) is 0 Å². The van der Waals surface area contributed by atoms with E-state index in [1.165, 1.54) is 167 Å². The first-order valence-electron chi connectivity index (χ1n) is 25.0. The number of esters is 2. The van der Waals surface area contributed by atoms with Crippen molar-refractivity contribution in [1.82, 2.24) is 0 Å². The van der Waals surface area contributed by atoms with Crippen molar-refractivity contribution in [1.29, 1.82) is 0 Å². The third kappa shape index (κ3) is 46.0. The van der Waals surface area contributed by atoms with Gasteiger partial charge in [-0.3, -0.25) is 14.2 Å². The number of quaternary nitrogens is 1. The Bertz CT molecular complexity index is 1070. The molecular weight excluding hydrogens is 774 g/mol. The van der Waals surface area contributed by atoms with Gasteiger partial charge >= 0.3 is 11.9 Å². The molecule has 0 saturated heterocycles. The van der Waals surface area contributed by atoms with Crippen LogP contribution in [-0.4, -0.2) is 70.0 Å². The lowest BCUT2D eigenvalue weighted by Crippen LogP contribution is -2.37. The molecule has 2 unspecified atom stereocenters. The topological polar surface area (TPSA) is 111 Å². The van der Waals surface area contributed by atoms with Gasteiger partial charge in [0.05, 0.1) is 27.7 Å². The summed E-state index contributed by atoms with van der Waals surface area (Å²) in [6.45, 7) is 4.19. The molecule has 0 N–H and O–H groups in total. The molecule has 0 aromatic heterocycles. The van der Waals surface area contributed by atoms with E-state index in [4.69, 9.17) is 18.5 Å². The van der Waals surface area contributed by atoms with Gasteiger partial charge in [0, 0.05) is 12.8 Å². The Morgan fingerprint density at radius 3 is 1.38 bits per heavy atom. The van der Waals surface area contributed by atoms with Gasteiger partial charge in [0.2, 0.25) is 0 Å². The van der Waals surface area contributed by atoms with Crippen LogP contribution in [0, 0.1) is 0 Å². The highest BCUT2D eigenvalue weighted by Gasteiger charge is 2.21. The molecule has 354 valence electrons. The molecule has 0 radical (unpaired) electrons. The molecule has 0 heterocycles. The predicted octanol–water partition coefficient (Wildman–Crippen LogP) is 14.1. The zero-order chi connectivity index (χ0) is 44.3. The first kappa shape index (κ1) is 58.5. The zero-order valence-corrected chi connectivity index (χ0v) is 40.8. The van der Waals surface area contributed by atoms with Crippen LogP contribution in [0.1, 0.15) is 232 Å². The molecule has 0 rings (SSSR count). The van der Waals surface area contributed by atoms with Crippen molar-refractivity contribution in [2.45, 2.75) is 238 Å². The molecule has 0 fully saturated rings. The van der Waals surface area contributed by atoms with Crippen LogP contribution in [0.4, 0.5) is 0 Å². The number of unbranched alkanes of at least 4 members (excludes halogenated alkanes) is 28. The number of ether oxygens (including phenoxy) is 2. The highest BCUT2D eigenvalue weighted by molar-refractivity contribution is 7.45. The summed E-state index contributed by atoms with van der Waals surface area (Å²) in [6.07, 6.45) is 48.1. The van der Waals surface area contributed by atoms with Crippen LogP contribution in [0.3, 0.4) is 0 Å². The monoisotopic (exact) mass is 870 g/mol. The van der Waals surface area contributed by atoms with E-state index in [9.17, 15) is 19.0 Å². The summed E-state index contributed by atoms with van der Waals surface area (Å²) in [7, 11) is 1.14. The molecule has 0 aliphatic rings. The summed E-state index contributed by atoms with van der Waals surface area (Å²) in [5.41, 5.74) is 0. The zero-order valence-electron chi connectivity index (χ0n) is 39.9. The maximum Gasteiger partial charge on any atom is 0.306 e. The van der Waals surface area contributed by atoms with Gasteiger partial charge in [-0.15, -0.1) is 0 Å². The molecule has 9 nitrogen and oxygen atoms in total. The van der Waals surface area contributed by atoms with Crippen molar-refractivity contribution in [3.63, 3.8) is 0 Å². The minimum Gasteiger partial charge on any atom is -0.756 e.